The van der Waals surface area contributed by atoms with Gasteiger partial charge in [0.2, 0.25) is 10.0 Å². The van der Waals surface area contributed by atoms with Crippen molar-refractivity contribution >= 4 is 33.2 Å². The molecule has 0 saturated carbocycles. The van der Waals surface area contributed by atoms with Gasteiger partial charge in [0.15, 0.2) is 0 Å². The summed E-state index contributed by atoms with van der Waals surface area (Å²) >= 11 is 6.07. The van der Waals surface area contributed by atoms with E-state index in [0.29, 0.717) is 29.4 Å². The van der Waals surface area contributed by atoms with E-state index in [2.05, 4.69) is 0 Å². The van der Waals surface area contributed by atoms with E-state index in [1.807, 2.05) is 0 Å². The fraction of sp³-hybridized carbons (Fsp3) is 0.235. The summed E-state index contributed by atoms with van der Waals surface area (Å²) in [7, 11) is -3.59. The number of nitrogens with two attached hydrogens (primary N) is 1. The highest BCUT2D eigenvalue weighted by Gasteiger charge is 2.30. The molecule has 1 fully saturated rings. The van der Waals surface area contributed by atoms with Gasteiger partial charge in [0.25, 0.3) is 5.91 Å². The first-order chi connectivity index (χ1) is 11.9. The summed E-state index contributed by atoms with van der Waals surface area (Å²) < 4.78 is 26.7. The lowest BCUT2D eigenvalue weighted by Crippen LogP contribution is -2.50. The lowest BCUT2D eigenvalue weighted by Gasteiger charge is -2.34. The van der Waals surface area contributed by atoms with Crippen LogP contribution in [0.5, 0.6) is 0 Å². The quantitative estimate of drug-likeness (QED) is 0.827. The first kappa shape index (κ1) is 17.7. The third-order valence-electron chi connectivity index (χ3n) is 4.15. The van der Waals surface area contributed by atoms with Gasteiger partial charge < -0.3 is 10.6 Å². The first-order valence-corrected chi connectivity index (χ1v) is 9.61. The molecule has 8 heteroatoms. The summed E-state index contributed by atoms with van der Waals surface area (Å²) in [4.78, 5) is 14.4. The molecule has 1 aliphatic heterocycles. The zero-order valence-electron chi connectivity index (χ0n) is 13.4. The number of piperazine rings is 1. The highest BCUT2D eigenvalue weighted by Crippen LogP contribution is 2.21. The Kier molecular flexibility index (Phi) is 4.99. The van der Waals surface area contributed by atoms with Crippen molar-refractivity contribution in [2.24, 2.45) is 0 Å². The van der Waals surface area contributed by atoms with Crippen LogP contribution in [0.4, 0.5) is 5.69 Å². The maximum atomic E-state index is 12.7. The topological polar surface area (TPSA) is 83.7 Å². The Morgan fingerprint density at radius 2 is 1.56 bits per heavy atom. The molecular formula is C17H18ClN3O3S. The van der Waals surface area contributed by atoms with E-state index in [-0.39, 0.29) is 23.9 Å². The first-order valence-electron chi connectivity index (χ1n) is 7.79. The molecule has 3 rings (SSSR count). The second-order valence-corrected chi connectivity index (χ2v) is 8.09. The molecule has 0 unspecified atom stereocenters. The number of hydrogen-bond donors (Lipinski definition) is 1. The molecule has 25 heavy (non-hydrogen) atoms. The molecule has 132 valence electrons. The van der Waals surface area contributed by atoms with E-state index in [9.17, 15) is 13.2 Å². The second-order valence-electron chi connectivity index (χ2n) is 5.75. The lowest BCUT2D eigenvalue weighted by atomic mass is 10.2. The molecule has 2 aromatic carbocycles. The smallest absolute Gasteiger partial charge is 0.255 e. The summed E-state index contributed by atoms with van der Waals surface area (Å²) in [6.07, 6.45) is 0. The molecule has 2 N–H and O–H groups in total. The van der Waals surface area contributed by atoms with Crippen molar-refractivity contribution in [1.82, 2.24) is 9.21 Å². The highest BCUT2D eigenvalue weighted by molar-refractivity contribution is 7.89. The van der Waals surface area contributed by atoms with E-state index in [1.54, 1.807) is 41.3 Å². The Balaban J connectivity index is 1.70. The van der Waals surface area contributed by atoms with Crippen LogP contribution in [-0.2, 0) is 10.0 Å². The van der Waals surface area contributed by atoms with Gasteiger partial charge in [-0.05, 0) is 36.4 Å². The van der Waals surface area contributed by atoms with Crippen molar-refractivity contribution in [3.63, 3.8) is 0 Å². The minimum atomic E-state index is -3.59. The number of carbonyl (C=O) groups excluding carboxylic acids is 1. The summed E-state index contributed by atoms with van der Waals surface area (Å²) in [5, 5.41) is 0.393. The van der Waals surface area contributed by atoms with Crippen molar-refractivity contribution in [3.8, 4) is 0 Å². The standard InChI is InChI=1S/C17H18ClN3O3S/c18-16-4-2-1-3-15(16)17(22)20-9-11-21(12-10-20)25(23,24)14-7-5-13(19)6-8-14/h1-8H,9-12,19H2. The number of nitrogen functional groups attached to an aromatic ring is 1. The molecule has 1 saturated heterocycles. The van der Waals surface area contributed by atoms with Gasteiger partial charge in [0.05, 0.1) is 15.5 Å². The fourth-order valence-corrected chi connectivity index (χ4v) is 4.36. The van der Waals surface area contributed by atoms with Crippen LogP contribution in [-0.4, -0.2) is 49.7 Å². The normalized spacial score (nSPS) is 16.0. The van der Waals surface area contributed by atoms with E-state index < -0.39 is 10.0 Å². The molecule has 0 bridgehead atoms. The van der Waals surface area contributed by atoms with Crippen molar-refractivity contribution in [2.45, 2.75) is 4.90 Å². The summed E-state index contributed by atoms with van der Waals surface area (Å²) in [5.74, 6) is -0.185. The average Bonchev–Trinajstić information content (AvgIpc) is 2.62. The number of amides is 1. The summed E-state index contributed by atoms with van der Waals surface area (Å²) in [5.41, 5.74) is 6.54. The van der Waals surface area contributed by atoms with E-state index in [0.717, 1.165) is 0 Å². The van der Waals surface area contributed by atoms with Crippen LogP contribution in [0, 0.1) is 0 Å². The van der Waals surface area contributed by atoms with Crippen LogP contribution in [0.2, 0.25) is 5.02 Å². The Morgan fingerprint density at radius 3 is 2.16 bits per heavy atom. The maximum Gasteiger partial charge on any atom is 0.255 e. The molecule has 1 heterocycles. The predicted octanol–water partition coefficient (Wildman–Crippen LogP) is 2.07. The Bertz CT molecular complexity index is 876. The monoisotopic (exact) mass is 379 g/mol. The molecule has 0 aromatic heterocycles. The third kappa shape index (κ3) is 3.63. The number of anilines is 1. The zero-order chi connectivity index (χ0) is 18.0. The lowest BCUT2D eigenvalue weighted by molar-refractivity contribution is 0.0698. The molecule has 0 aliphatic carbocycles. The van der Waals surface area contributed by atoms with Crippen molar-refractivity contribution in [2.75, 3.05) is 31.9 Å². The van der Waals surface area contributed by atoms with E-state index in [4.69, 9.17) is 17.3 Å². The predicted molar refractivity (Wildman–Crippen MR) is 97.0 cm³/mol. The maximum absolute atomic E-state index is 12.7. The molecule has 1 amide bonds. The number of benzene rings is 2. The molecule has 1 aliphatic rings. The number of halogens is 1. The zero-order valence-corrected chi connectivity index (χ0v) is 15.0. The average molecular weight is 380 g/mol. The van der Waals surface area contributed by atoms with Gasteiger partial charge in [-0.3, -0.25) is 4.79 Å². The minimum absolute atomic E-state index is 0.185. The molecule has 0 atom stereocenters. The number of sulfonamides is 1. The van der Waals surface area contributed by atoms with Crippen LogP contribution in [0.25, 0.3) is 0 Å². The van der Waals surface area contributed by atoms with Gasteiger partial charge in [-0.1, -0.05) is 23.7 Å². The van der Waals surface area contributed by atoms with Gasteiger partial charge in [0.1, 0.15) is 0 Å². The van der Waals surface area contributed by atoms with Crippen LogP contribution in [0.1, 0.15) is 10.4 Å². The number of nitrogens with zero attached hydrogens (tertiary/aromatic N) is 2. The van der Waals surface area contributed by atoms with Crippen LogP contribution < -0.4 is 5.73 Å². The Hall–Kier alpha value is -2.09. The van der Waals surface area contributed by atoms with Crippen molar-refractivity contribution in [3.05, 3.63) is 59.1 Å². The SMILES string of the molecule is Nc1ccc(S(=O)(=O)N2CCN(C(=O)c3ccccc3Cl)CC2)cc1. The van der Waals surface area contributed by atoms with Crippen LogP contribution in [0.3, 0.4) is 0 Å². The van der Waals surface area contributed by atoms with Gasteiger partial charge in [-0.15, -0.1) is 0 Å². The van der Waals surface area contributed by atoms with Crippen molar-refractivity contribution < 1.29 is 13.2 Å². The summed E-state index contributed by atoms with van der Waals surface area (Å²) in [6.45, 7) is 1.11. The molecule has 0 spiro atoms. The van der Waals surface area contributed by atoms with Gasteiger partial charge in [0, 0.05) is 31.9 Å². The largest absolute Gasteiger partial charge is 0.399 e. The van der Waals surface area contributed by atoms with E-state index >= 15 is 0 Å². The van der Waals surface area contributed by atoms with Gasteiger partial charge in [-0.2, -0.15) is 4.31 Å². The Labute approximate surface area is 151 Å². The number of rotatable bonds is 3. The van der Waals surface area contributed by atoms with Gasteiger partial charge >= 0.3 is 0 Å². The summed E-state index contributed by atoms with van der Waals surface area (Å²) in [6, 6.07) is 12.9. The molecule has 0 radical (unpaired) electrons. The van der Waals surface area contributed by atoms with Crippen molar-refractivity contribution in [1.29, 1.82) is 0 Å². The third-order valence-corrected chi connectivity index (χ3v) is 6.39. The van der Waals surface area contributed by atoms with Crippen LogP contribution >= 0.6 is 11.6 Å². The Morgan fingerprint density at radius 1 is 0.960 bits per heavy atom. The molecular weight excluding hydrogens is 362 g/mol. The molecule has 2 aromatic rings. The fourth-order valence-electron chi connectivity index (χ4n) is 2.73. The number of carbonyl (C=O) groups is 1. The highest BCUT2D eigenvalue weighted by atomic mass is 35.5. The van der Waals surface area contributed by atoms with Crippen LogP contribution in [0.15, 0.2) is 53.4 Å². The molecule has 6 nitrogen and oxygen atoms in total. The minimum Gasteiger partial charge on any atom is -0.399 e. The van der Waals surface area contributed by atoms with E-state index in [1.165, 1.54) is 16.4 Å². The number of hydrogen-bond acceptors (Lipinski definition) is 4. The van der Waals surface area contributed by atoms with Gasteiger partial charge in [-0.25, -0.2) is 8.42 Å². The second kappa shape index (κ2) is 7.03.